The molecule has 19 heavy (non-hydrogen) atoms. The maximum absolute atomic E-state index is 11.6. The Labute approximate surface area is 111 Å². The van der Waals surface area contributed by atoms with E-state index in [1.165, 1.54) is 0 Å². The number of rotatable bonds is 4. The summed E-state index contributed by atoms with van der Waals surface area (Å²) in [7, 11) is 0. The van der Waals surface area contributed by atoms with Gasteiger partial charge in [0.05, 0.1) is 12.1 Å². The summed E-state index contributed by atoms with van der Waals surface area (Å²) in [5.41, 5.74) is 0.441. The first kappa shape index (κ1) is 13.5. The molecule has 0 aliphatic heterocycles. The highest BCUT2D eigenvalue weighted by molar-refractivity contribution is 5.77. The van der Waals surface area contributed by atoms with Crippen LogP contribution >= 0.6 is 0 Å². The Morgan fingerprint density at radius 3 is 2.89 bits per heavy atom. The van der Waals surface area contributed by atoms with Gasteiger partial charge in [0.15, 0.2) is 11.5 Å². The second-order valence-electron chi connectivity index (χ2n) is 5.22. The first-order valence-corrected chi connectivity index (χ1v) is 6.15. The van der Waals surface area contributed by atoms with Crippen LogP contribution in [0.25, 0.3) is 5.65 Å². The van der Waals surface area contributed by atoms with Gasteiger partial charge in [-0.25, -0.2) is 0 Å². The summed E-state index contributed by atoms with van der Waals surface area (Å²) in [6.45, 7) is 6.10. The van der Waals surface area contributed by atoms with Crippen molar-refractivity contribution in [2.45, 2.75) is 32.9 Å². The Bertz CT molecular complexity index is 571. The first-order chi connectivity index (χ1) is 8.96. The molecule has 1 N–H and O–H groups in total. The average Bonchev–Trinajstić information content (AvgIpc) is 2.76. The van der Waals surface area contributed by atoms with Crippen LogP contribution in [-0.4, -0.2) is 32.7 Å². The van der Waals surface area contributed by atoms with Crippen molar-refractivity contribution in [1.82, 2.24) is 19.9 Å². The topological polar surface area (TPSA) is 68.5 Å². The van der Waals surface area contributed by atoms with Crippen LogP contribution in [0, 0.1) is 0 Å². The van der Waals surface area contributed by atoms with Gasteiger partial charge in [0.2, 0.25) is 5.91 Å². The molecule has 2 rings (SSSR count). The van der Waals surface area contributed by atoms with Crippen LogP contribution in [0.1, 0.15) is 26.6 Å². The van der Waals surface area contributed by atoms with E-state index < -0.39 is 0 Å². The lowest BCUT2D eigenvalue weighted by molar-refractivity contribution is -0.130. The van der Waals surface area contributed by atoms with E-state index in [0.29, 0.717) is 12.4 Å². The van der Waals surface area contributed by atoms with Crippen molar-refractivity contribution < 1.29 is 9.53 Å². The molecule has 0 fully saturated rings. The largest absolute Gasteiger partial charge is 0.366 e. The third-order valence-electron chi connectivity index (χ3n) is 2.46. The van der Waals surface area contributed by atoms with Crippen LogP contribution in [0.5, 0.6) is 0 Å². The Morgan fingerprint density at radius 1 is 1.37 bits per heavy atom. The number of nitrogens with one attached hydrogen (secondary N) is 1. The molecular weight excluding hydrogens is 244 g/mol. The molecule has 0 bridgehead atoms. The van der Waals surface area contributed by atoms with Crippen LogP contribution in [-0.2, 0) is 16.1 Å². The molecule has 0 aromatic carbocycles. The quantitative estimate of drug-likeness (QED) is 0.897. The van der Waals surface area contributed by atoms with Crippen molar-refractivity contribution in [1.29, 1.82) is 0 Å². The minimum atomic E-state index is -0.321. The fourth-order valence-electron chi connectivity index (χ4n) is 1.52. The van der Waals surface area contributed by atoms with Crippen molar-refractivity contribution in [3.63, 3.8) is 0 Å². The molecule has 0 saturated carbocycles. The first-order valence-electron chi connectivity index (χ1n) is 6.15. The molecule has 0 aliphatic carbocycles. The lowest BCUT2D eigenvalue weighted by Gasteiger charge is -2.18. The summed E-state index contributed by atoms with van der Waals surface area (Å²) >= 11 is 0. The number of amides is 1. The minimum absolute atomic E-state index is 0.0419. The zero-order valence-corrected chi connectivity index (χ0v) is 11.4. The summed E-state index contributed by atoms with van der Waals surface area (Å²) in [6, 6.07) is 5.65. The Balaban J connectivity index is 1.90. The van der Waals surface area contributed by atoms with Gasteiger partial charge < -0.3 is 10.1 Å². The predicted octanol–water partition coefficient (Wildman–Crippen LogP) is 1.16. The lowest BCUT2D eigenvalue weighted by atomic mass is 10.2. The summed E-state index contributed by atoms with van der Waals surface area (Å²) in [5.74, 6) is 0.530. The maximum Gasteiger partial charge on any atom is 0.246 e. The Kier molecular flexibility index (Phi) is 3.80. The van der Waals surface area contributed by atoms with E-state index >= 15 is 0 Å². The number of ether oxygens (including phenoxy) is 1. The molecule has 102 valence electrons. The van der Waals surface area contributed by atoms with Crippen molar-refractivity contribution in [2.24, 2.45) is 0 Å². The third-order valence-corrected chi connectivity index (χ3v) is 2.46. The van der Waals surface area contributed by atoms with Gasteiger partial charge in [-0.05, 0) is 32.9 Å². The van der Waals surface area contributed by atoms with Crippen molar-refractivity contribution in [2.75, 3.05) is 6.61 Å². The second-order valence-corrected chi connectivity index (χ2v) is 5.22. The predicted molar refractivity (Wildman–Crippen MR) is 70.5 cm³/mol. The van der Waals surface area contributed by atoms with Gasteiger partial charge in [0.1, 0.15) is 6.61 Å². The molecule has 2 aromatic heterocycles. The van der Waals surface area contributed by atoms with Crippen molar-refractivity contribution >= 4 is 11.6 Å². The Morgan fingerprint density at radius 2 is 2.16 bits per heavy atom. The van der Waals surface area contributed by atoms with E-state index in [0.717, 1.165) is 5.65 Å². The molecule has 2 heterocycles. The number of pyridine rings is 1. The van der Waals surface area contributed by atoms with Gasteiger partial charge in [-0.15, -0.1) is 10.2 Å². The van der Waals surface area contributed by atoms with Crippen LogP contribution in [0.15, 0.2) is 24.4 Å². The van der Waals surface area contributed by atoms with Gasteiger partial charge in [-0.2, -0.15) is 0 Å². The van der Waals surface area contributed by atoms with Gasteiger partial charge in [-0.1, -0.05) is 6.07 Å². The number of aromatic nitrogens is 3. The van der Waals surface area contributed by atoms with E-state index in [1.807, 2.05) is 49.6 Å². The standard InChI is InChI=1S/C13H18N4O2/c1-13(2,3)19-9-12(18)14-8-11-16-15-10-6-4-5-7-17(10)11/h4-7H,8-9H2,1-3H3,(H,14,18). The van der Waals surface area contributed by atoms with Gasteiger partial charge in [-0.3, -0.25) is 9.20 Å². The summed E-state index contributed by atoms with van der Waals surface area (Å²) in [5, 5.41) is 10.8. The maximum atomic E-state index is 11.6. The van der Waals surface area contributed by atoms with Gasteiger partial charge in [0, 0.05) is 6.20 Å². The fraction of sp³-hybridized carbons (Fsp3) is 0.462. The second kappa shape index (κ2) is 5.36. The number of nitrogens with zero attached hydrogens (tertiary/aromatic N) is 3. The molecule has 0 atom stereocenters. The molecular formula is C13H18N4O2. The molecule has 0 aliphatic rings. The third kappa shape index (κ3) is 3.75. The van der Waals surface area contributed by atoms with Crippen LogP contribution in [0.3, 0.4) is 0 Å². The van der Waals surface area contributed by atoms with E-state index in [2.05, 4.69) is 15.5 Å². The number of carbonyl (C=O) groups excluding carboxylic acids is 1. The zero-order valence-electron chi connectivity index (χ0n) is 11.4. The van der Waals surface area contributed by atoms with Gasteiger partial charge >= 0.3 is 0 Å². The highest BCUT2D eigenvalue weighted by Crippen LogP contribution is 2.06. The lowest BCUT2D eigenvalue weighted by Crippen LogP contribution is -2.32. The van der Waals surface area contributed by atoms with E-state index in [4.69, 9.17) is 4.74 Å². The van der Waals surface area contributed by atoms with Gasteiger partial charge in [0.25, 0.3) is 0 Å². The highest BCUT2D eigenvalue weighted by atomic mass is 16.5. The van der Waals surface area contributed by atoms with Crippen LogP contribution in [0.2, 0.25) is 0 Å². The summed E-state index contributed by atoms with van der Waals surface area (Å²) in [6.07, 6.45) is 1.86. The van der Waals surface area contributed by atoms with Crippen LogP contribution in [0.4, 0.5) is 0 Å². The number of fused-ring (bicyclic) bond motifs is 1. The molecule has 0 spiro atoms. The fourth-order valence-corrected chi connectivity index (χ4v) is 1.52. The molecule has 2 aromatic rings. The molecule has 0 unspecified atom stereocenters. The average molecular weight is 262 g/mol. The van der Waals surface area contributed by atoms with Crippen molar-refractivity contribution in [3.8, 4) is 0 Å². The molecule has 6 heteroatoms. The van der Waals surface area contributed by atoms with E-state index in [9.17, 15) is 4.79 Å². The number of hydrogen-bond acceptors (Lipinski definition) is 4. The Hall–Kier alpha value is -1.95. The number of hydrogen-bond donors (Lipinski definition) is 1. The minimum Gasteiger partial charge on any atom is -0.366 e. The molecule has 6 nitrogen and oxygen atoms in total. The highest BCUT2D eigenvalue weighted by Gasteiger charge is 2.13. The van der Waals surface area contributed by atoms with Crippen molar-refractivity contribution in [3.05, 3.63) is 30.2 Å². The van der Waals surface area contributed by atoms with Crippen LogP contribution < -0.4 is 5.32 Å². The van der Waals surface area contributed by atoms with E-state index in [1.54, 1.807) is 0 Å². The summed E-state index contributed by atoms with van der Waals surface area (Å²) < 4.78 is 7.23. The molecule has 1 amide bonds. The number of carbonyl (C=O) groups is 1. The summed E-state index contributed by atoms with van der Waals surface area (Å²) in [4.78, 5) is 11.6. The molecule has 0 radical (unpaired) electrons. The normalized spacial score (nSPS) is 11.7. The van der Waals surface area contributed by atoms with E-state index in [-0.39, 0.29) is 18.1 Å². The SMILES string of the molecule is CC(C)(C)OCC(=O)NCc1nnc2ccccn12. The zero-order chi connectivity index (χ0) is 13.9. The monoisotopic (exact) mass is 262 g/mol. The smallest absolute Gasteiger partial charge is 0.246 e. The molecule has 0 saturated heterocycles.